The summed E-state index contributed by atoms with van der Waals surface area (Å²) >= 11 is 0. The van der Waals surface area contributed by atoms with Gasteiger partial charge < -0.3 is 24.5 Å². The fraction of sp³-hybridized carbons (Fsp3) is 0.406. The zero-order chi connectivity index (χ0) is 31.1. The maximum atomic E-state index is 13.4. The molecule has 2 aliphatic rings. The zero-order valence-electron chi connectivity index (χ0n) is 25.4. The molecule has 230 valence electrons. The quantitative estimate of drug-likeness (QED) is 0.359. The predicted octanol–water partition coefficient (Wildman–Crippen LogP) is 4.27. The summed E-state index contributed by atoms with van der Waals surface area (Å²) in [6, 6.07) is 7.89. The fourth-order valence-electron chi connectivity index (χ4n) is 5.55. The van der Waals surface area contributed by atoms with Crippen molar-refractivity contribution < 1.29 is 19.0 Å². The van der Waals surface area contributed by atoms with Crippen molar-refractivity contribution in [2.45, 2.75) is 45.3 Å². The number of fused-ring (bicyclic) bond motifs is 1. The van der Waals surface area contributed by atoms with Crippen LogP contribution >= 0.6 is 0 Å². The topological polar surface area (TPSA) is 112 Å². The SMILES string of the molecule is CC(C)(C)OC(=O)N1CC=C(c2cc3c(N4CCN(c5ncc([C@@](C)(O)c6ccc(F)cc6)cn5)CC4)ncnn3c2)CC1. The third kappa shape index (κ3) is 6.07. The molecule has 0 spiro atoms. The van der Waals surface area contributed by atoms with Gasteiger partial charge in [0.1, 0.15) is 28.9 Å². The average Bonchev–Trinajstić information content (AvgIpc) is 3.46. The van der Waals surface area contributed by atoms with Crippen LogP contribution in [0.1, 0.15) is 50.8 Å². The summed E-state index contributed by atoms with van der Waals surface area (Å²) < 4.78 is 20.7. The van der Waals surface area contributed by atoms with E-state index < -0.39 is 11.2 Å². The smallest absolute Gasteiger partial charge is 0.410 e. The average molecular weight is 601 g/mol. The first kappa shape index (κ1) is 29.5. The van der Waals surface area contributed by atoms with Crippen LogP contribution in [0.15, 0.2) is 61.3 Å². The summed E-state index contributed by atoms with van der Waals surface area (Å²) in [6.45, 7) is 11.2. The Balaban J connectivity index is 1.11. The fourth-order valence-corrected chi connectivity index (χ4v) is 5.55. The van der Waals surface area contributed by atoms with Crippen LogP contribution in [0.5, 0.6) is 0 Å². The molecule has 1 aromatic carbocycles. The van der Waals surface area contributed by atoms with Gasteiger partial charge in [0.15, 0.2) is 5.82 Å². The number of piperazine rings is 1. The Bertz CT molecular complexity index is 1670. The van der Waals surface area contributed by atoms with Crippen molar-refractivity contribution in [2.24, 2.45) is 0 Å². The third-order valence-corrected chi connectivity index (χ3v) is 8.09. The van der Waals surface area contributed by atoms with Crippen LogP contribution in [0.2, 0.25) is 0 Å². The molecular formula is C32H37FN8O3. The van der Waals surface area contributed by atoms with Crippen molar-refractivity contribution in [1.82, 2.24) is 29.5 Å². The van der Waals surface area contributed by atoms with Crippen molar-refractivity contribution in [3.63, 3.8) is 0 Å². The van der Waals surface area contributed by atoms with Crippen LogP contribution in [-0.4, -0.2) is 85.5 Å². The molecule has 11 nitrogen and oxygen atoms in total. The number of carbonyl (C=O) groups excluding carboxylic acids is 1. The second-order valence-corrected chi connectivity index (χ2v) is 12.4. The minimum atomic E-state index is -1.34. The minimum absolute atomic E-state index is 0.291. The second-order valence-electron chi connectivity index (χ2n) is 12.4. The Morgan fingerprint density at radius 1 is 0.932 bits per heavy atom. The van der Waals surface area contributed by atoms with E-state index in [1.54, 1.807) is 42.7 Å². The number of hydrogen-bond acceptors (Lipinski definition) is 9. The first-order valence-electron chi connectivity index (χ1n) is 14.8. The number of benzene rings is 1. The number of amides is 1. The number of hydrogen-bond donors (Lipinski definition) is 1. The molecule has 1 amide bonds. The van der Waals surface area contributed by atoms with Crippen molar-refractivity contribution in [3.05, 3.63) is 83.8 Å². The maximum absolute atomic E-state index is 13.4. The highest BCUT2D eigenvalue weighted by Crippen LogP contribution is 2.31. The van der Waals surface area contributed by atoms with E-state index in [1.807, 2.05) is 31.5 Å². The molecule has 1 fully saturated rings. The molecule has 0 unspecified atom stereocenters. The highest BCUT2D eigenvalue weighted by Gasteiger charge is 2.29. The summed E-state index contributed by atoms with van der Waals surface area (Å²) in [5, 5.41) is 15.5. The monoisotopic (exact) mass is 600 g/mol. The molecule has 1 saturated heterocycles. The third-order valence-electron chi connectivity index (χ3n) is 8.09. The summed E-state index contributed by atoms with van der Waals surface area (Å²) in [4.78, 5) is 32.3. The van der Waals surface area contributed by atoms with Gasteiger partial charge in [-0.05, 0) is 69.0 Å². The number of anilines is 2. The van der Waals surface area contributed by atoms with Crippen molar-refractivity contribution in [3.8, 4) is 0 Å². The van der Waals surface area contributed by atoms with Gasteiger partial charge in [0.2, 0.25) is 5.95 Å². The standard InChI is InChI=1S/C32H37FN8O3/c1-31(2,3)44-30(42)40-11-9-22(10-12-40)23-17-27-28(36-21-37-41(27)20-23)38-13-15-39(16-14-38)29-34-18-25(19-35-29)32(4,43)24-5-7-26(33)8-6-24/h5-9,17-21,43H,10-16H2,1-4H3/t32-/m0/s1. The lowest BCUT2D eigenvalue weighted by Gasteiger charge is -2.35. The van der Waals surface area contributed by atoms with E-state index in [2.05, 4.69) is 42.0 Å². The molecule has 2 aliphatic heterocycles. The van der Waals surface area contributed by atoms with E-state index >= 15 is 0 Å². The summed E-state index contributed by atoms with van der Waals surface area (Å²) in [5.41, 5.74) is 2.40. The first-order valence-corrected chi connectivity index (χ1v) is 14.8. The molecule has 0 radical (unpaired) electrons. The molecule has 12 heteroatoms. The van der Waals surface area contributed by atoms with Crippen LogP contribution in [0.25, 0.3) is 11.1 Å². The summed E-state index contributed by atoms with van der Waals surface area (Å²) in [7, 11) is 0. The molecule has 3 aromatic heterocycles. The molecular weight excluding hydrogens is 563 g/mol. The van der Waals surface area contributed by atoms with Crippen LogP contribution < -0.4 is 9.80 Å². The number of halogens is 1. The van der Waals surface area contributed by atoms with E-state index in [9.17, 15) is 14.3 Å². The van der Waals surface area contributed by atoms with Crippen LogP contribution in [0.3, 0.4) is 0 Å². The largest absolute Gasteiger partial charge is 0.444 e. The zero-order valence-corrected chi connectivity index (χ0v) is 25.4. The van der Waals surface area contributed by atoms with Gasteiger partial charge in [-0.1, -0.05) is 18.2 Å². The predicted molar refractivity (Wildman–Crippen MR) is 165 cm³/mol. The normalized spacial score (nSPS) is 17.4. The number of ether oxygens (including phenoxy) is 1. The Labute approximate surface area is 255 Å². The Hall–Kier alpha value is -4.58. The molecule has 6 rings (SSSR count). The first-order chi connectivity index (χ1) is 21.0. The van der Waals surface area contributed by atoms with E-state index in [1.165, 1.54) is 17.7 Å². The number of aliphatic hydroxyl groups is 1. The highest BCUT2D eigenvalue weighted by molar-refractivity contribution is 5.78. The van der Waals surface area contributed by atoms with Crippen molar-refractivity contribution in [1.29, 1.82) is 0 Å². The van der Waals surface area contributed by atoms with Gasteiger partial charge in [-0.15, -0.1) is 0 Å². The van der Waals surface area contributed by atoms with Gasteiger partial charge in [0, 0.05) is 63.4 Å². The second kappa shape index (κ2) is 11.5. The molecule has 0 saturated carbocycles. The minimum Gasteiger partial charge on any atom is -0.444 e. The lowest BCUT2D eigenvalue weighted by Crippen LogP contribution is -2.47. The Morgan fingerprint density at radius 2 is 1.61 bits per heavy atom. The molecule has 5 heterocycles. The van der Waals surface area contributed by atoms with Crippen LogP contribution in [-0.2, 0) is 10.3 Å². The van der Waals surface area contributed by atoms with E-state index in [4.69, 9.17) is 4.74 Å². The van der Waals surface area contributed by atoms with Gasteiger partial charge in [-0.2, -0.15) is 5.10 Å². The molecule has 0 bridgehead atoms. The lowest BCUT2D eigenvalue weighted by molar-refractivity contribution is 0.0270. The molecule has 4 aromatic rings. The van der Waals surface area contributed by atoms with Gasteiger partial charge in [-0.25, -0.2) is 28.7 Å². The van der Waals surface area contributed by atoms with Crippen LogP contribution in [0, 0.1) is 5.82 Å². The lowest BCUT2D eigenvalue weighted by atomic mass is 9.90. The number of rotatable bonds is 5. The van der Waals surface area contributed by atoms with Crippen molar-refractivity contribution in [2.75, 3.05) is 49.1 Å². The molecule has 0 aliphatic carbocycles. The Kier molecular flexibility index (Phi) is 7.70. The highest BCUT2D eigenvalue weighted by atomic mass is 19.1. The molecule has 1 atom stereocenters. The number of nitrogens with zero attached hydrogens (tertiary/aromatic N) is 8. The Morgan fingerprint density at radius 3 is 2.25 bits per heavy atom. The van der Waals surface area contributed by atoms with Crippen LogP contribution in [0.4, 0.5) is 21.0 Å². The number of carbonyl (C=O) groups is 1. The maximum Gasteiger partial charge on any atom is 0.410 e. The van der Waals surface area contributed by atoms with Gasteiger partial charge in [-0.3, -0.25) is 0 Å². The van der Waals surface area contributed by atoms with Gasteiger partial charge >= 0.3 is 6.09 Å². The van der Waals surface area contributed by atoms with E-state index in [0.29, 0.717) is 43.3 Å². The van der Waals surface area contributed by atoms with Gasteiger partial charge in [0.05, 0.1) is 0 Å². The molecule has 44 heavy (non-hydrogen) atoms. The number of aromatic nitrogens is 5. The van der Waals surface area contributed by atoms with Gasteiger partial charge in [0.25, 0.3) is 0 Å². The summed E-state index contributed by atoms with van der Waals surface area (Å²) in [5.74, 6) is 1.10. The molecule has 1 N–H and O–H groups in total. The van der Waals surface area contributed by atoms with Crippen molar-refractivity contribution >= 4 is 28.9 Å². The summed E-state index contributed by atoms with van der Waals surface area (Å²) in [6.07, 6.45) is 9.37. The van der Waals surface area contributed by atoms with E-state index in [-0.39, 0.29) is 11.9 Å². The van der Waals surface area contributed by atoms with E-state index in [0.717, 1.165) is 36.4 Å².